The maximum absolute atomic E-state index is 12.2. The first kappa shape index (κ1) is 14.7. The molecule has 7 nitrogen and oxygen atoms in total. The van der Waals surface area contributed by atoms with Gasteiger partial charge in [0.15, 0.2) is 5.78 Å². The number of fused-ring (bicyclic) bond motifs is 1. The summed E-state index contributed by atoms with van der Waals surface area (Å²) in [4.78, 5) is 46.9. The van der Waals surface area contributed by atoms with Crippen molar-refractivity contribution in [1.29, 1.82) is 0 Å². The van der Waals surface area contributed by atoms with Crippen LogP contribution in [0.5, 0.6) is 0 Å². The van der Waals surface area contributed by atoms with Crippen molar-refractivity contribution in [1.82, 2.24) is 9.78 Å². The molecule has 0 saturated carbocycles. The largest absolute Gasteiger partial charge is 0.466 e. The van der Waals surface area contributed by atoms with Gasteiger partial charge in [0.1, 0.15) is 13.0 Å². The Balaban J connectivity index is 2.29. The van der Waals surface area contributed by atoms with Crippen LogP contribution in [-0.2, 0) is 20.9 Å². The Labute approximate surface area is 119 Å². The molecule has 0 bridgehead atoms. The number of aromatic nitrogens is 2. The molecule has 0 aliphatic rings. The lowest BCUT2D eigenvalue weighted by Crippen LogP contribution is -2.32. The number of nitrogens with zero attached hydrogens (tertiary/aromatic N) is 1. The molecule has 1 N–H and O–H groups in total. The second-order valence-electron chi connectivity index (χ2n) is 4.40. The van der Waals surface area contributed by atoms with E-state index in [0.29, 0.717) is 0 Å². The van der Waals surface area contributed by atoms with Crippen LogP contribution < -0.4 is 11.1 Å². The Morgan fingerprint density at radius 3 is 2.52 bits per heavy atom. The zero-order valence-electron chi connectivity index (χ0n) is 11.4. The maximum atomic E-state index is 12.2. The van der Waals surface area contributed by atoms with E-state index in [4.69, 9.17) is 0 Å². The van der Waals surface area contributed by atoms with E-state index in [-0.39, 0.29) is 23.9 Å². The second kappa shape index (κ2) is 6.17. The molecule has 2 rings (SSSR count). The minimum atomic E-state index is -0.654. The van der Waals surface area contributed by atoms with Gasteiger partial charge in [-0.25, -0.2) is 4.68 Å². The molecule has 1 aromatic heterocycles. The van der Waals surface area contributed by atoms with Gasteiger partial charge in [-0.1, -0.05) is 12.1 Å². The zero-order chi connectivity index (χ0) is 15.4. The van der Waals surface area contributed by atoms with Crippen LogP contribution in [0.25, 0.3) is 10.8 Å². The van der Waals surface area contributed by atoms with E-state index in [9.17, 15) is 19.2 Å². The van der Waals surface area contributed by atoms with Crippen LogP contribution in [0, 0.1) is 0 Å². The Hall–Kier alpha value is -2.70. The monoisotopic (exact) mass is 290 g/mol. The standard InChI is InChI=1S/C14H14N2O5/c1-2-21-12(18)7-9(17)8-16-14(20)11-6-4-3-5-10(11)13(19)15-16/h3-6H,2,7-8H2,1H3,(H,15,19). The number of ketones is 1. The average Bonchev–Trinajstić information content (AvgIpc) is 2.44. The molecular formula is C14H14N2O5. The van der Waals surface area contributed by atoms with Crippen LogP contribution in [0.4, 0.5) is 0 Å². The topological polar surface area (TPSA) is 98.2 Å². The number of esters is 1. The first-order chi connectivity index (χ1) is 10.0. The van der Waals surface area contributed by atoms with Crippen molar-refractivity contribution < 1.29 is 14.3 Å². The third kappa shape index (κ3) is 3.25. The molecule has 0 aliphatic heterocycles. The number of aromatic amines is 1. The molecule has 0 spiro atoms. The molecule has 0 saturated heterocycles. The van der Waals surface area contributed by atoms with Gasteiger partial charge in [-0.3, -0.25) is 24.3 Å². The van der Waals surface area contributed by atoms with Crippen LogP contribution in [0.15, 0.2) is 33.9 Å². The van der Waals surface area contributed by atoms with E-state index in [0.717, 1.165) is 4.68 Å². The summed E-state index contributed by atoms with van der Waals surface area (Å²) in [6.07, 6.45) is -0.435. The number of hydrogen-bond acceptors (Lipinski definition) is 5. The molecule has 1 aromatic carbocycles. The summed E-state index contributed by atoms with van der Waals surface area (Å²) in [5.41, 5.74) is -0.948. The van der Waals surface area contributed by atoms with E-state index >= 15 is 0 Å². The summed E-state index contributed by atoms with van der Waals surface area (Å²) in [6, 6.07) is 6.32. The predicted molar refractivity (Wildman–Crippen MR) is 75.1 cm³/mol. The summed E-state index contributed by atoms with van der Waals surface area (Å²) < 4.78 is 5.56. The maximum Gasteiger partial charge on any atom is 0.313 e. The summed E-state index contributed by atoms with van der Waals surface area (Å²) in [5, 5.41) is 2.82. The van der Waals surface area contributed by atoms with E-state index < -0.39 is 29.3 Å². The molecule has 0 aliphatic carbocycles. The molecule has 0 amide bonds. The Morgan fingerprint density at radius 2 is 1.86 bits per heavy atom. The van der Waals surface area contributed by atoms with Gasteiger partial charge in [0.25, 0.3) is 11.1 Å². The average molecular weight is 290 g/mol. The molecular weight excluding hydrogens is 276 g/mol. The molecule has 2 aromatic rings. The molecule has 0 unspecified atom stereocenters. The van der Waals surface area contributed by atoms with Gasteiger partial charge in [-0.05, 0) is 19.1 Å². The van der Waals surface area contributed by atoms with Gasteiger partial charge in [0.2, 0.25) is 0 Å². The predicted octanol–water partition coefficient (Wildman–Crippen LogP) is 0.212. The van der Waals surface area contributed by atoms with Crippen LogP contribution in [0.2, 0.25) is 0 Å². The quantitative estimate of drug-likeness (QED) is 0.627. The SMILES string of the molecule is CCOC(=O)CC(=O)Cn1[nH]c(=O)c2ccccc2c1=O. The van der Waals surface area contributed by atoms with Crippen molar-refractivity contribution in [2.45, 2.75) is 19.9 Å². The highest BCUT2D eigenvalue weighted by Gasteiger charge is 2.13. The highest BCUT2D eigenvalue weighted by atomic mass is 16.5. The normalized spacial score (nSPS) is 10.5. The number of hydrogen-bond donors (Lipinski definition) is 1. The van der Waals surface area contributed by atoms with Crippen molar-refractivity contribution in [3.63, 3.8) is 0 Å². The molecule has 0 fully saturated rings. The number of nitrogens with one attached hydrogen (secondary N) is 1. The molecule has 7 heteroatoms. The van der Waals surface area contributed by atoms with Crippen molar-refractivity contribution in [2.75, 3.05) is 6.61 Å². The fraction of sp³-hybridized carbons (Fsp3) is 0.286. The van der Waals surface area contributed by atoms with Gasteiger partial charge in [0.05, 0.1) is 17.4 Å². The molecule has 0 radical (unpaired) electrons. The van der Waals surface area contributed by atoms with E-state index in [1.54, 1.807) is 19.1 Å². The summed E-state index contributed by atoms with van der Waals surface area (Å²) in [6.45, 7) is 1.43. The molecule has 110 valence electrons. The third-order valence-corrected chi connectivity index (χ3v) is 2.87. The van der Waals surface area contributed by atoms with Crippen molar-refractivity contribution in [2.24, 2.45) is 0 Å². The van der Waals surface area contributed by atoms with Crippen LogP contribution >= 0.6 is 0 Å². The van der Waals surface area contributed by atoms with Gasteiger partial charge in [-0.2, -0.15) is 0 Å². The Bertz CT molecular complexity index is 803. The van der Waals surface area contributed by atoms with Crippen LogP contribution in [0.1, 0.15) is 13.3 Å². The molecule has 21 heavy (non-hydrogen) atoms. The number of ether oxygens (including phenoxy) is 1. The van der Waals surface area contributed by atoms with E-state index in [2.05, 4.69) is 9.84 Å². The molecule has 1 heterocycles. The number of H-pyrrole nitrogens is 1. The van der Waals surface area contributed by atoms with E-state index in [1.807, 2.05) is 0 Å². The first-order valence-electron chi connectivity index (χ1n) is 6.42. The Kier molecular flexibility index (Phi) is 4.32. The second-order valence-corrected chi connectivity index (χ2v) is 4.40. The van der Waals surface area contributed by atoms with Crippen molar-refractivity contribution in [3.05, 3.63) is 45.0 Å². The lowest BCUT2D eigenvalue weighted by molar-refractivity contribution is -0.145. The fourth-order valence-corrected chi connectivity index (χ4v) is 1.96. The van der Waals surface area contributed by atoms with Crippen molar-refractivity contribution >= 4 is 22.5 Å². The van der Waals surface area contributed by atoms with Gasteiger partial charge in [0, 0.05) is 0 Å². The highest BCUT2D eigenvalue weighted by Crippen LogP contribution is 2.02. The van der Waals surface area contributed by atoms with Gasteiger partial charge >= 0.3 is 5.97 Å². The third-order valence-electron chi connectivity index (χ3n) is 2.87. The van der Waals surface area contributed by atoms with Crippen LogP contribution in [0.3, 0.4) is 0 Å². The fourth-order valence-electron chi connectivity index (χ4n) is 1.96. The number of rotatable bonds is 5. The highest BCUT2D eigenvalue weighted by molar-refractivity contribution is 5.95. The van der Waals surface area contributed by atoms with E-state index in [1.165, 1.54) is 12.1 Å². The van der Waals surface area contributed by atoms with Crippen molar-refractivity contribution in [3.8, 4) is 0 Å². The molecule has 0 atom stereocenters. The minimum absolute atomic E-state index is 0.179. The first-order valence-corrected chi connectivity index (χ1v) is 6.42. The smallest absolute Gasteiger partial charge is 0.313 e. The summed E-state index contributed by atoms with van der Waals surface area (Å²) >= 11 is 0. The lowest BCUT2D eigenvalue weighted by Gasteiger charge is -2.06. The number of carbonyl (C=O) groups excluding carboxylic acids is 2. The number of benzene rings is 1. The van der Waals surface area contributed by atoms with Crippen LogP contribution in [-0.4, -0.2) is 28.1 Å². The summed E-state index contributed by atoms with van der Waals surface area (Å²) in [7, 11) is 0. The number of Topliss-reactive ketones (excluding diaryl/α,β-unsaturated/α-hetero) is 1. The minimum Gasteiger partial charge on any atom is -0.466 e. The summed E-state index contributed by atoms with van der Waals surface area (Å²) in [5.74, 6) is -1.17. The zero-order valence-corrected chi connectivity index (χ0v) is 11.4. The lowest BCUT2D eigenvalue weighted by atomic mass is 10.2. The Morgan fingerprint density at radius 1 is 1.19 bits per heavy atom. The number of carbonyl (C=O) groups is 2. The van der Waals surface area contributed by atoms with Gasteiger partial charge in [-0.15, -0.1) is 0 Å². The van der Waals surface area contributed by atoms with Gasteiger partial charge < -0.3 is 4.74 Å².